The smallest absolute Gasteiger partial charge is 0.245 e. The van der Waals surface area contributed by atoms with Crippen molar-refractivity contribution in [2.45, 2.75) is 57.0 Å². The zero-order valence-corrected chi connectivity index (χ0v) is 10.7. The van der Waals surface area contributed by atoms with Gasteiger partial charge in [-0.15, -0.1) is 0 Å². The van der Waals surface area contributed by atoms with Gasteiger partial charge in [-0.2, -0.15) is 0 Å². The summed E-state index contributed by atoms with van der Waals surface area (Å²) >= 11 is 0. The third-order valence-corrected chi connectivity index (χ3v) is 3.93. The van der Waals surface area contributed by atoms with E-state index in [1.165, 1.54) is 6.42 Å². The summed E-state index contributed by atoms with van der Waals surface area (Å²) in [4.78, 5) is 25.4. The molecule has 1 aliphatic carbocycles. The van der Waals surface area contributed by atoms with E-state index in [0.29, 0.717) is 19.4 Å². The monoisotopic (exact) mass is 254 g/mol. The zero-order chi connectivity index (χ0) is 13.0. The van der Waals surface area contributed by atoms with Crippen LogP contribution in [0, 0.1) is 0 Å². The third kappa shape index (κ3) is 3.02. The van der Waals surface area contributed by atoms with E-state index in [-0.39, 0.29) is 30.5 Å². The van der Waals surface area contributed by atoms with Crippen molar-refractivity contribution >= 4 is 11.8 Å². The lowest BCUT2D eigenvalue weighted by Gasteiger charge is -2.35. The molecule has 5 heteroatoms. The van der Waals surface area contributed by atoms with Crippen molar-refractivity contribution in [2.24, 2.45) is 0 Å². The second-order valence-corrected chi connectivity index (χ2v) is 5.21. The molecular formula is C13H22N2O3. The highest BCUT2D eigenvalue weighted by molar-refractivity contribution is 5.91. The van der Waals surface area contributed by atoms with E-state index in [0.717, 1.165) is 25.7 Å². The molecule has 5 nitrogen and oxygen atoms in total. The maximum Gasteiger partial charge on any atom is 0.245 e. The molecular weight excluding hydrogens is 232 g/mol. The summed E-state index contributed by atoms with van der Waals surface area (Å²) in [6, 6.07) is -0.123. The molecule has 2 N–H and O–H groups in total. The second-order valence-electron chi connectivity index (χ2n) is 5.21. The Morgan fingerprint density at radius 3 is 2.56 bits per heavy atom. The van der Waals surface area contributed by atoms with Gasteiger partial charge in [0.2, 0.25) is 11.8 Å². The number of rotatable bonds is 4. The van der Waals surface area contributed by atoms with Gasteiger partial charge in [-0.3, -0.25) is 9.59 Å². The average molecular weight is 254 g/mol. The first-order valence-electron chi connectivity index (χ1n) is 6.93. The SMILES string of the molecule is O=C1CC[C@@H](C(=O)N(CCO)C2CCCCC2)N1. The molecule has 0 radical (unpaired) electrons. The van der Waals surface area contributed by atoms with Crippen molar-refractivity contribution in [3.8, 4) is 0 Å². The Morgan fingerprint density at radius 1 is 1.28 bits per heavy atom. The largest absolute Gasteiger partial charge is 0.395 e. The van der Waals surface area contributed by atoms with E-state index >= 15 is 0 Å². The first-order valence-corrected chi connectivity index (χ1v) is 6.93. The van der Waals surface area contributed by atoms with Crippen LogP contribution in [0.25, 0.3) is 0 Å². The zero-order valence-electron chi connectivity index (χ0n) is 10.7. The first-order chi connectivity index (χ1) is 8.72. The summed E-state index contributed by atoms with van der Waals surface area (Å²) in [6.45, 7) is 0.374. The van der Waals surface area contributed by atoms with Crippen molar-refractivity contribution in [1.82, 2.24) is 10.2 Å². The molecule has 1 saturated heterocycles. The van der Waals surface area contributed by atoms with Crippen LogP contribution >= 0.6 is 0 Å². The fourth-order valence-electron chi connectivity index (χ4n) is 2.97. The van der Waals surface area contributed by atoms with Gasteiger partial charge in [0.05, 0.1) is 6.61 Å². The van der Waals surface area contributed by atoms with E-state index in [2.05, 4.69) is 5.32 Å². The van der Waals surface area contributed by atoms with Crippen LogP contribution < -0.4 is 5.32 Å². The van der Waals surface area contributed by atoms with Crippen LogP contribution in [0.4, 0.5) is 0 Å². The maximum absolute atomic E-state index is 12.4. The molecule has 102 valence electrons. The Morgan fingerprint density at radius 2 is 2.00 bits per heavy atom. The molecule has 0 aromatic rings. The third-order valence-electron chi connectivity index (χ3n) is 3.93. The Hall–Kier alpha value is -1.10. The minimum absolute atomic E-state index is 0.0110. The highest BCUT2D eigenvalue weighted by Gasteiger charge is 2.33. The predicted octanol–water partition coefficient (Wildman–Crippen LogP) is 0.419. The van der Waals surface area contributed by atoms with E-state index < -0.39 is 0 Å². The topological polar surface area (TPSA) is 69.6 Å². The fourth-order valence-corrected chi connectivity index (χ4v) is 2.97. The summed E-state index contributed by atoms with van der Waals surface area (Å²) < 4.78 is 0. The molecule has 0 aromatic heterocycles. The quantitative estimate of drug-likeness (QED) is 0.764. The van der Waals surface area contributed by atoms with Gasteiger partial charge in [-0.1, -0.05) is 19.3 Å². The Kier molecular flexibility index (Phi) is 4.58. The minimum Gasteiger partial charge on any atom is -0.395 e. The molecule has 18 heavy (non-hydrogen) atoms. The lowest BCUT2D eigenvalue weighted by Crippen LogP contribution is -2.50. The number of nitrogens with zero attached hydrogens (tertiary/aromatic N) is 1. The van der Waals surface area contributed by atoms with E-state index in [1.54, 1.807) is 4.90 Å². The first kappa shape index (κ1) is 13.3. The molecule has 2 amide bonds. The summed E-state index contributed by atoms with van der Waals surface area (Å²) in [7, 11) is 0. The summed E-state index contributed by atoms with van der Waals surface area (Å²) in [5, 5.41) is 11.8. The number of hydrogen-bond acceptors (Lipinski definition) is 3. The lowest BCUT2D eigenvalue weighted by molar-refractivity contribution is -0.137. The number of nitrogens with one attached hydrogen (secondary N) is 1. The summed E-state index contributed by atoms with van der Waals surface area (Å²) in [5.74, 6) is -0.0530. The summed E-state index contributed by atoms with van der Waals surface area (Å²) in [5.41, 5.74) is 0. The molecule has 0 bridgehead atoms. The Balaban J connectivity index is 1.99. The molecule has 1 atom stereocenters. The predicted molar refractivity (Wildman–Crippen MR) is 66.8 cm³/mol. The van der Waals surface area contributed by atoms with E-state index in [4.69, 9.17) is 5.11 Å². The maximum atomic E-state index is 12.4. The molecule has 1 heterocycles. The normalized spacial score (nSPS) is 24.9. The van der Waals surface area contributed by atoms with Gasteiger partial charge in [0.25, 0.3) is 0 Å². The van der Waals surface area contributed by atoms with Crippen LogP contribution in [0.5, 0.6) is 0 Å². The number of hydrogen-bond donors (Lipinski definition) is 2. The van der Waals surface area contributed by atoms with Gasteiger partial charge in [0, 0.05) is 19.0 Å². The molecule has 0 spiro atoms. The minimum atomic E-state index is -0.369. The number of aliphatic hydroxyl groups is 1. The van der Waals surface area contributed by atoms with Crippen LogP contribution in [0.1, 0.15) is 44.9 Å². The number of aliphatic hydroxyl groups excluding tert-OH is 1. The van der Waals surface area contributed by atoms with Gasteiger partial charge in [0.1, 0.15) is 6.04 Å². The highest BCUT2D eigenvalue weighted by Crippen LogP contribution is 2.24. The van der Waals surface area contributed by atoms with Crippen molar-refractivity contribution < 1.29 is 14.7 Å². The fraction of sp³-hybridized carbons (Fsp3) is 0.846. The van der Waals surface area contributed by atoms with Crippen LogP contribution in [0.15, 0.2) is 0 Å². The molecule has 1 aliphatic heterocycles. The van der Waals surface area contributed by atoms with Crippen LogP contribution in [0.3, 0.4) is 0 Å². The van der Waals surface area contributed by atoms with Gasteiger partial charge >= 0.3 is 0 Å². The lowest BCUT2D eigenvalue weighted by atomic mass is 9.93. The molecule has 1 saturated carbocycles. The average Bonchev–Trinajstić information content (AvgIpc) is 2.83. The highest BCUT2D eigenvalue weighted by atomic mass is 16.3. The van der Waals surface area contributed by atoms with Crippen LogP contribution in [0.2, 0.25) is 0 Å². The van der Waals surface area contributed by atoms with Gasteiger partial charge in [-0.05, 0) is 19.3 Å². The molecule has 0 aromatic carbocycles. The number of carbonyl (C=O) groups excluding carboxylic acids is 2. The van der Waals surface area contributed by atoms with Crippen LogP contribution in [-0.2, 0) is 9.59 Å². The van der Waals surface area contributed by atoms with Crippen molar-refractivity contribution in [3.05, 3.63) is 0 Å². The van der Waals surface area contributed by atoms with Gasteiger partial charge in [-0.25, -0.2) is 0 Å². The Bertz CT molecular complexity index is 313. The number of carbonyl (C=O) groups is 2. The second kappa shape index (κ2) is 6.18. The molecule has 2 aliphatic rings. The van der Waals surface area contributed by atoms with Crippen molar-refractivity contribution in [1.29, 1.82) is 0 Å². The Labute approximate surface area is 108 Å². The molecule has 0 unspecified atom stereocenters. The van der Waals surface area contributed by atoms with Gasteiger partial charge in [0.15, 0.2) is 0 Å². The van der Waals surface area contributed by atoms with Gasteiger partial charge < -0.3 is 15.3 Å². The van der Waals surface area contributed by atoms with Crippen LogP contribution in [-0.4, -0.2) is 47.1 Å². The molecule has 2 fully saturated rings. The number of amides is 2. The van der Waals surface area contributed by atoms with E-state index in [9.17, 15) is 9.59 Å². The standard InChI is InChI=1S/C13H22N2O3/c16-9-8-15(10-4-2-1-3-5-10)13(18)11-6-7-12(17)14-11/h10-11,16H,1-9H2,(H,14,17)/t11-/m0/s1. The summed E-state index contributed by atoms with van der Waals surface area (Å²) in [6.07, 6.45) is 6.60. The van der Waals surface area contributed by atoms with Crippen molar-refractivity contribution in [3.63, 3.8) is 0 Å². The molecule has 2 rings (SSSR count). The van der Waals surface area contributed by atoms with Crippen molar-refractivity contribution in [2.75, 3.05) is 13.2 Å². The van der Waals surface area contributed by atoms with E-state index in [1.807, 2.05) is 0 Å².